The number of hydrogen-bond acceptors (Lipinski definition) is 6. The number of phenols is 1. The molecule has 0 aliphatic rings. The molecule has 0 spiro atoms. The van der Waals surface area contributed by atoms with E-state index in [9.17, 15) is 14.7 Å². The highest BCUT2D eigenvalue weighted by molar-refractivity contribution is 5.97. The van der Waals surface area contributed by atoms with Crippen LogP contribution in [0.3, 0.4) is 0 Å². The van der Waals surface area contributed by atoms with Crippen LogP contribution in [0.2, 0.25) is 0 Å². The van der Waals surface area contributed by atoms with Gasteiger partial charge >= 0.3 is 5.97 Å². The molecule has 1 unspecified atom stereocenters. The van der Waals surface area contributed by atoms with Crippen LogP contribution in [0.15, 0.2) is 65.2 Å². The van der Waals surface area contributed by atoms with Crippen molar-refractivity contribution >= 4 is 17.7 Å². The summed E-state index contributed by atoms with van der Waals surface area (Å²) in [5.41, 5.74) is 0.634. The standard InChI is InChI=1S/C19H16N2O5/c1-12-10-16(21-26-12)20-18(23)17(13-6-3-2-4-7-13)25-19(24)14-8-5-9-15(22)11-14/h2-11,17,22H,1H3,(H,20,21,23). The van der Waals surface area contributed by atoms with Crippen molar-refractivity contribution in [3.05, 3.63) is 77.6 Å². The monoisotopic (exact) mass is 352 g/mol. The lowest BCUT2D eigenvalue weighted by molar-refractivity contribution is -0.125. The van der Waals surface area contributed by atoms with Crippen LogP contribution >= 0.6 is 0 Å². The molecule has 1 atom stereocenters. The zero-order chi connectivity index (χ0) is 18.5. The Balaban J connectivity index is 1.83. The largest absolute Gasteiger partial charge is 0.508 e. The van der Waals surface area contributed by atoms with Gasteiger partial charge in [0, 0.05) is 11.6 Å². The summed E-state index contributed by atoms with van der Waals surface area (Å²) < 4.78 is 10.3. The maximum Gasteiger partial charge on any atom is 0.339 e. The Morgan fingerprint density at radius 3 is 2.54 bits per heavy atom. The molecule has 1 amide bonds. The molecule has 7 nitrogen and oxygen atoms in total. The summed E-state index contributed by atoms with van der Waals surface area (Å²) in [6.07, 6.45) is -1.19. The lowest BCUT2D eigenvalue weighted by Crippen LogP contribution is -2.26. The van der Waals surface area contributed by atoms with E-state index in [4.69, 9.17) is 9.26 Å². The first-order valence-electron chi connectivity index (χ1n) is 7.82. The van der Waals surface area contributed by atoms with Gasteiger partial charge in [-0.1, -0.05) is 41.6 Å². The molecule has 3 aromatic rings. The highest BCUT2D eigenvalue weighted by Gasteiger charge is 2.26. The number of carbonyl (C=O) groups excluding carboxylic acids is 2. The molecule has 0 fully saturated rings. The van der Waals surface area contributed by atoms with Crippen molar-refractivity contribution in [2.45, 2.75) is 13.0 Å². The molecule has 1 aromatic heterocycles. The molecular weight excluding hydrogens is 336 g/mol. The van der Waals surface area contributed by atoms with Crippen LogP contribution < -0.4 is 5.32 Å². The second-order valence-electron chi connectivity index (χ2n) is 5.56. The summed E-state index contributed by atoms with van der Waals surface area (Å²) in [7, 11) is 0. The fourth-order valence-electron chi connectivity index (χ4n) is 2.33. The van der Waals surface area contributed by atoms with Crippen LogP contribution in [0.4, 0.5) is 5.82 Å². The molecule has 0 saturated carbocycles. The number of ether oxygens (including phenoxy) is 1. The smallest absolute Gasteiger partial charge is 0.339 e. The van der Waals surface area contributed by atoms with Crippen molar-refractivity contribution < 1.29 is 24.0 Å². The fraction of sp³-hybridized carbons (Fsp3) is 0.105. The molecular formula is C19H16N2O5. The number of hydrogen-bond donors (Lipinski definition) is 2. The summed E-state index contributed by atoms with van der Waals surface area (Å²) in [6.45, 7) is 1.69. The fourth-order valence-corrected chi connectivity index (χ4v) is 2.33. The number of aryl methyl sites for hydroxylation is 1. The topological polar surface area (TPSA) is 102 Å². The molecule has 132 valence electrons. The number of esters is 1. The quantitative estimate of drug-likeness (QED) is 0.684. The van der Waals surface area contributed by atoms with Crippen molar-refractivity contribution in [3.8, 4) is 5.75 Å². The van der Waals surface area contributed by atoms with Gasteiger partial charge in [0.25, 0.3) is 5.91 Å². The maximum atomic E-state index is 12.6. The molecule has 3 rings (SSSR count). The predicted molar refractivity (Wildman–Crippen MR) is 92.6 cm³/mol. The van der Waals surface area contributed by atoms with E-state index in [-0.39, 0.29) is 17.1 Å². The van der Waals surface area contributed by atoms with Gasteiger partial charge in [0.15, 0.2) is 5.82 Å². The predicted octanol–water partition coefficient (Wildman–Crippen LogP) is 3.23. The van der Waals surface area contributed by atoms with Gasteiger partial charge in [-0.15, -0.1) is 0 Å². The number of anilines is 1. The van der Waals surface area contributed by atoms with E-state index in [2.05, 4.69) is 10.5 Å². The molecule has 0 aliphatic carbocycles. The zero-order valence-electron chi connectivity index (χ0n) is 13.9. The van der Waals surface area contributed by atoms with Crippen molar-refractivity contribution in [1.29, 1.82) is 0 Å². The lowest BCUT2D eigenvalue weighted by Gasteiger charge is -2.17. The summed E-state index contributed by atoms with van der Waals surface area (Å²) >= 11 is 0. The van der Waals surface area contributed by atoms with Crippen LogP contribution in [0, 0.1) is 6.92 Å². The van der Waals surface area contributed by atoms with E-state index in [0.29, 0.717) is 11.3 Å². The highest BCUT2D eigenvalue weighted by atomic mass is 16.5. The number of nitrogens with one attached hydrogen (secondary N) is 1. The number of aromatic nitrogens is 1. The molecule has 1 heterocycles. The third kappa shape index (κ3) is 4.07. The van der Waals surface area contributed by atoms with Gasteiger partial charge in [0.1, 0.15) is 11.5 Å². The number of carbonyl (C=O) groups is 2. The normalized spacial score (nSPS) is 11.6. The molecule has 0 bridgehead atoms. The molecule has 0 saturated heterocycles. The number of amides is 1. The molecule has 26 heavy (non-hydrogen) atoms. The molecule has 7 heteroatoms. The highest BCUT2D eigenvalue weighted by Crippen LogP contribution is 2.22. The first-order valence-corrected chi connectivity index (χ1v) is 7.82. The number of phenolic OH excluding ortho intramolecular Hbond substituents is 1. The van der Waals surface area contributed by atoms with E-state index < -0.39 is 18.0 Å². The lowest BCUT2D eigenvalue weighted by atomic mass is 10.1. The summed E-state index contributed by atoms with van der Waals surface area (Å²) in [5, 5.41) is 15.8. The first kappa shape index (κ1) is 17.2. The van der Waals surface area contributed by atoms with Crippen LogP contribution in [0.5, 0.6) is 5.75 Å². The first-order chi connectivity index (χ1) is 12.5. The van der Waals surface area contributed by atoms with Crippen LogP contribution in [-0.4, -0.2) is 22.1 Å². The molecule has 2 aromatic carbocycles. The minimum absolute atomic E-state index is 0.0711. The number of nitrogens with zero attached hydrogens (tertiary/aromatic N) is 1. The van der Waals surface area contributed by atoms with Crippen molar-refractivity contribution in [2.24, 2.45) is 0 Å². The molecule has 0 radical (unpaired) electrons. The Kier molecular flexibility index (Phi) is 4.98. The van der Waals surface area contributed by atoms with E-state index in [1.165, 1.54) is 24.3 Å². The molecule has 2 N–H and O–H groups in total. The third-order valence-corrected chi connectivity index (χ3v) is 3.53. The van der Waals surface area contributed by atoms with Crippen LogP contribution in [-0.2, 0) is 9.53 Å². The summed E-state index contributed by atoms with van der Waals surface area (Å²) in [6, 6.07) is 15.9. The third-order valence-electron chi connectivity index (χ3n) is 3.53. The number of aromatic hydroxyl groups is 1. The second kappa shape index (κ2) is 7.52. The van der Waals surface area contributed by atoms with Gasteiger partial charge in [-0.3, -0.25) is 4.79 Å². The zero-order valence-corrected chi connectivity index (χ0v) is 13.9. The van der Waals surface area contributed by atoms with Crippen molar-refractivity contribution in [2.75, 3.05) is 5.32 Å². The van der Waals surface area contributed by atoms with E-state index in [1.54, 1.807) is 43.3 Å². The SMILES string of the molecule is Cc1cc(NC(=O)C(OC(=O)c2cccc(O)c2)c2ccccc2)no1. The maximum absolute atomic E-state index is 12.6. The Morgan fingerprint density at radius 2 is 1.88 bits per heavy atom. The minimum Gasteiger partial charge on any atom is -0.508 e. The van der Waals surface area contributed by atoms with Gasteiger partial charge in [-0.05, 0) is 25.1 Å². The van der Waals surface area contributed by atoms with E-state index >= 15 is 0 Å². The second-order valence-corrected chi connectivity index (χ2v) is 5.56. The average Bonchev–Trinajstić information content (AvgIpc) is 3.04. The van der Waals surface area contributed by atoms with Crippen LogP contribution in [0.25, 0.3) is 0 Å². The van der Waals surface area contributed by atoms with E-state index in [1.807, 2.05) is 0 Å². The van der Waals surface area contributed by atoms with Crippen LogP contribution in [0.1, 0.15) is 27.8 Å². The van der Waals surface area contributed by atoms with Gasteiger partial charge in [-0.25, -0.2) is 4.79 Å². The molecule has 0 aliphatic heterocycles. The van der Waals surface area contributed by atoms with Gasteiger partial charge in [0.2, 0.25) is 6.10 Å². The Morgan fingerprint density at radius 1 is 1.12 bits per heavy atom. The number of rotatable bonds is 5. The van der Waals surface area contributed by atoms with Gasteiger partial charge < -0.3 is 19.7 Å². The Bertz CT molecular complexity index is 920. The Labute approximate surface area is 149 Å². The summed E-state index contributed by atoms with van der Waals surface area (Å²) in [5.74, 6) is -0.618. The average molecular weight is 352 g/mol. The van der Waals surface area contributed by atoms with Crippen molar-refractivity contribution in [3.63, 3.8) is 0 Å². The van der Waals surface area contributed by atoms with Crippen molar-refractivity contribution in [1.82, 2.24) is 5.16 Å². The number of benzene rings is 2. The Hall–Kier alpha value is -3.61. The van der Waals surface area contributed by atoms with Gasteiger partial charge in [-0.2, -0.15) is 0 Å². The summed E-state index contributed by atoms with van der Waals surface area (Å²) in [4.78, 5) is 25.0. The minimum atomic E-state index is -1.19. The van der Waals surface area contributed by atoms with Gasteiger partial charge in [0.05, 0.1) is 5.56 Å². The van der Waals surface area contributed by atoms with E-state index in [0.717, 1.165) is 0 Å².